The summed E-state index contributed by atoms with van der Waals surface area (Å²) in [5.41, 5.74) is 5.04. The van der Waals surface area contributed by atoms with Gasteiger partial charge in [0.05, 0.1) is 18.1 Å². The van der Waals surface area contributed by atoms with Crippen molar-refractivity contribution in [1.82, 2.24) is 4.98 Å². The van der Waals surface area contributed by atoms with E-state index in [0.29, 0.717) is 6.61 Å². The number of nitrogens with zero attached hydrogens (tertiary/aromatic N) is 3. The second-order valence-corrected chi connectivity index (χ2v) is 4.31. The number of rotatable bonds is 3. The maximum atomic E-state index is 11.4. The Bertz CT molecular complexity index is 524. The van der Waals surface area contributed by atoms with E-state index < -0.39 is 16.9 Å². The van der Waals surface area contributed by atoms with Gasteiger partial charge in [-0.15, -0.1) is 0 Å². The van der Waals surface area contributed by atoms with Crippen molar-refractivity contribution in [3.63, 3.8) is 0 Å². The molecule has 0 saturated carbocycles. The average Bonchev–Trinajstić information content (AvgIpc) is 2.38. The van der Waals surface area contributed by atoms with Crippen LogP contribution in [0.2, 0.25) is 5.15 Å². The number of hydrogen-bond donors (Lipinski definition) is 1. The number of halogens is 1. The first-order valence-electron chi connectivity index (χ1n) is 5.45. The summed E-state index contributed by atoms with van der Waals surface area (Å²) in [6.45, 7) is 0.678. The second-order valence-electron chi connectivity index (χ2n) is 3.92. The van der Waals surface area contributed by atoms with Crippen molar-refractivity contribution in [2.75, 3.05) is 24.7 Å². The van der Waals surface area contributed by atoms with E-state index in [1.54, 1.807) is 0 Å². The van der Waals surface area contributed by atoms with Gasteiger partial charge in [0.2, 0.25) is 11.7 Å². The molecule has 1 unspecified atom stereocenters. The van der Waals surface area contributed by atoms with Crippen molar-refractivity contribution in [3.8, 4) is 0 Å². The van der Waals surface area contributed by atoms with Gasteiger partial charge in [0.15, 0.2) is 0 Å². The Morgan fingerprint density at radius 2 is 2.37 bits per heavy atom. The zero-order valence-electron chi connectivity index (χ0n) is 9.78. The molecule has 0 radical (unpaired) electrons. The van der Waals surface area contributed by atoms with Crippen molar-refractivity contribution in [3.05, 3.63) is 27.4 Å². The van der Waals surface area contributed by atoms with Gasteiger partial charge < -0.3 is 15.4 Å². The molecule has 8 nitrogen and oxygen atoms in total. The van der Waals surface area contributed by atoms with Crippen molar-refractivity contribution >= 4 is 29.0 Å². The molecule has 0 spiro atoms. The quantitative estimate of drug-likeness (QED) is 0.487. The standard InChI is InChI=1S/C10H11ClN4O4/c11-8-2-1-6(15(17)18)10(13-8)14-3-4-19-5-7(14)9(12)16/h1-2,7H,3-5H2,(H2,12,16). The Kier molecular flexibility index (Phi) is 3.82. The van der Waals surface area contributed by atoms with Crippen LogP contribution in [-0.2, 0) is 9.53 Å². The smallest absolute Gasteiger partial charge is 0.311 e. The Balaban J connectivity index is 2.46. The van der Waals surface area contributed by atoms with Crippen LogP contribution in [0.1, 0.15) is 0 Å². The molecule has 1 amide bonds. The van der Waals surface area contributed by atoms with E-state index in [4.69, 9.17) is 22.1 Å². The number of morpholine rings is 1. The number of carbonyl (C=O) groups is 1. The van der Waals surface area contributed by atoms with Gasteiger partial charge >= 0.3 is 5.69 Å². The average molecular weight is 287 g/mol. The van der Waals surface area contributed by atoms with Gasteiger partial charge in [-0.05, 0) is 6.07 Å². The fourth-order valence-corrected chi connectivity index (χ4v) is 2.01. The van der Waals surface area contributed by atoms with Gasteiger partial charge in [-0.25, -0.2) is 4.98 Å². The van der Waals surface area contributed by atoms with Crippen LogP contribution in [0.3, 0.4) is 0 Å². The van der Waals surface area contributed by atoms with E-state index in [9.17, 15) is 14.9 Å². The monoisotopic (exact) mass is 286 g/mol. The third-order valence-corrected chi connectivity index (χ3v) is 2.96. The summed E-state index contributed by atoms with van der Waals surface area (Å²) in [6, 6.07) is 1.78. The molecule has 0 aliphatic carbocycles. The van der Waals surface area contributed by atoms with Crippen LogP contribution >= 0.6 is 11.6 Å². The van der Waals surface area contributed by atoms with Crippen LogP contribution in [0.4, 0.5) is 11.5 Å². The zero-order chi connectivity index (χ0) is 14.0. The minimum Gasteiger partial charge on any atom is -0.377 e. The number of nitrogens with two attached hydrogens (primary N) is 1. The first kappa shape index (κ1) is 13.5. The minimum atomic E-state index is -0.793. The van der Waals surface area contributed by atoms with Gasteiger partial charge in [-0.3, -0.25) is 14.9 Å². The van der Waals surface area contributed by atoms with Crippen molar-refractivity contribution in [2.45, 2.75) is 6.04 Å². The van der Waals surface area contributed by atoms with Gasteiger partial charge in [0.25, 0.3) is 0 Å². The Labute approximate surface area is 113 Å². The fraction of sp³-hybridized carbons (Fsp3) is 0.400. The Hall–Kier alpha value is -1.93. The van der Waals surface area contributed by atoms with E-state index in [0.717, 1.165) is 0 Å². The van der Waals surface area contributed by atoms with Crippen molar-refractivity contribution in [2.24, 2.45) is 5.73 Å². The molecular weight excluding hydrogens is 276 g/mol. The predicted octanol–water partition coefficient (Wildman–Crippen LogP) is 0.334. The normalized spacial score (nSPS) is 19.2. The number of anilines is 1. The third-order valence-electron chi connectivity index (χ3n) is 2.75. The highest BCUT2D eigenvalue weighted by Crippen LogP contribution is 2.29. The molecule has 0 aromatic carbocycles. The molecule has 1 aliphatic rings. The number of nitro groups is 1. The molecule has 1 saturated heterocycles. The number of carbonyl (C=O) groups excluding carboxylic acids is 1. The largest absolute Gasteiger partial charge is 0.377 e. The van der Waals surface area contributed by atoms with Crippen molar-refractivity contribution in [1.29, 1.82) is 0 Å². The molecule has 2 heterocycles. The van der Waals surface area contributed by atoms with E-state index in [1.165, 1.54) is 17.0 Å². The SMILES string of the molecule is NC(=O)C1COCCN1c1nc(Cl)ccc1[N+](=O)[O-]. The summed E-state index contributed by atoms with van der Waals surface area (Å²) in [5.74, 6) is -0.597. The summed E-state index contributed by atoms with van der Waals surface area (Å²) in [5, 5.41) is 11.1. The molecule has 2 rings (SSSR count). The topological polar surface area (TPSA) is 112 Å². The molecule has 1 atom stereocenters. The third kappa shape index (κ3) is 2.74. The number of ether oxygens (including phenoxy) is 1. The molecule has 1 fully saturated rings. The maximum Gasteiger partial charge on any atom is 0.311 e. The number of pyridine rings is 1. The fourth-order valence-electron chi connectivity index (χ4n) is 1.86. The van der Waals surface area contributed by atoms with Crippen LogP contribution in [0.25, 0.3) is 0 Å². The number of primary amides is 1. The summed E-state index contributed by atoms with van der Waals surface area (Å²) in [4.78, 5) is 27.2. The van der Waals surface area contributed by atoms with E-state index in [1.807, 2.05) is 0 Å². The maximum absolute atomic E-state index is 11.4. The lowest BCUT2D eigenvalue weighted by atomic mass is 10.2. The van der Waals surface area contributed by atoms with Crippen molar-refractivity contribution < 1.29 is 14.5 Å². The summed E-state index contributed by atoms with van der Waals surface area (Å²) in [7, 11) is 0. The van der Waals surface area contributed by atoms with Gasteiger partial charge in [-0.1, -0.05) is 11.6 Å². The summed E-state index contributed by atoms with van der Waals surface area (Å²) < 4.78 is 5.15. The molecule has 9 heteroatoms. The van der Waals surface area contributed by atoms with Crippen LogP contribution < -0.4 is 10.6 Å². The molecular formula is C10H11ClN4O4. The van der Waals surface area contributed by atoms with Gasteiger partial charge in [0.1, 0.15) is 11.2 Å². The zero-order valence-corrected chi connectivity index (χ0v) is 10.5. The van der Waals surface area contributed by atoms with Crippen LogP contribution in [-0.4, -0.2) is 41.6 Å². The molecule has 102 valence electrons. The lowest BCUT2D eigenvalue weighted by Crippen LogP contribution is -2.53. The molecule has 19 heavy (non-hydrogen) atoms. The summed E-state index contributed by atoms with van der Waals surface area (Å²) in [6.07, 6.45) is 0. The highest BCUT2D eigenvalue weighted by atomic mass is 35.5. The minimum absolute atomic E-state index is 0.0320. The lowest BCUT2D eigenvalue weighted by molar-refractivity contribution is -0.384. The van der Waals surface area contributed by atoms with Gasteiger partial charge in [-0.2, -0.15) is 0 Å². The van der Waals surface area contributed by atoms with Crippen LogP contribution in [0, 0.1) is 10.1 Å². The molecule has 0 bridgehead atoms. The Morgan fingerprint density at radius 1 is 1.63 bits per heavy atom. The van der Waals surface area contributed by atoms with E-state index >= 15 is 0 Å². The predicted molar refractivity (Wildman–Crippen MR) is 67.0 cm³/mol. The van der Waals surface area contributed by atoms with Crippen LogP contribution in [0.15, 0.2) is 12.1 Å². The van der Waals surface area contributed by atoms with E-state index in [-0.39, 0.29) is 29.8 Å². The number of hydrogen-bond acceptors (Lipinski definition) is 6. The first-order chi connectivity index (χ1) is 9.00. The summed E-state index contributed by atoms with van der Waals surface area (Å²) >= 11 is 5.76. The molecule has 1 aromatic rings. The number of aromatic nitrogens is 1. The van der Waals surface area contributed by atoms with E-state index in [2.05, 4.69) is 4.98 Å². The van der Waals surface area contributed by atoms with Crippen LogP contribution in [0.5, 0.6) is 0 Å². The lowest BCUT2D eigenvalue weighted by Gasteiger charge is -2.33. The molecule has 1 aromatic heterocycles. The highest BCUT2D eigenvalue weighted by Gasteiger charge is 2.33. The second kappa shape index (κ2) is 5.37. The number of amides is 1. The Morgan fingerprint density at radius 3 is 3.00 bits per heavy atom. The molecule has 2 N–H and O–H groups in total. The highest BCUT2D eigenvalue weighted by molar-refractivity contribution is 6.29. The molecule has 1 aliphatic heterocycles. The first-order valence-corrected chi connectivity index (χ1v) is 5.83. The van der Waals surface area contributed by atoms with Gasteiger partial charge in [0, 0.05) is 12.6 Å².